The van der Waals surface area contributed by atoms with E-state index in [1.54, 1.807) is 0 Å². The van der Waals surface area contributed by atoms with E-state index in [2.05, 4.69) is 248 Å². The maximum Gasteiger partial charge on any atom is 0.178 e. The van der Waals surface area contributed by atoms with E-state index in [1.165, 1.54) is 94.6 Å². The van der Waals surface area contributed by atoms with E-state index < -0.39 is 10.8 Å². The van der Waals surface area contributed by atoms with Gasteiger partial charge in [-0.15, -0.1) is 0 Å². The van der Waals surface area contributed by atoms with E-state index in [4.69, 9.17) is 9.47 Å². The van der Waals surface area contributed by atoms with Gasteiger partial charge in [0.25, 0.3) is 0 Å². The average molecular weight is 904 g/mol. The van der Waals surface area contributed by atoms with Gasteiger partial charge in [-0.05, 0) is 137 Å². The van der Waals surface area contributed by atoms with E-state index in [1.807, 2.05) is 6.07 Å². The molecule has 0 bridgehead atoms. The Morgan fingerprint density at radius 2 is 0.662 bits per heavy atom. The molecule has 0 fully saturated rings. The maximum absolute atomic E-state index is 7.20. The zero-order valence-electron chi connectivity index (χ0n) is 38.4. The zero-order valence-corrected chi connectivity index (χ0v) is 38.4. The Morgan fingerprint density at radius 3 is 1.23 bits per heavy atom. The molecule has 0 radical (unpaired) electrons. The van der Waals surface area contributed by atoms with Crippen LogP contribution in [-0.2, 0) is 10.8 Å². The molecule has 3 heteroatoms. The fourth-order valence-electron chi connectivity index (χ4n) is 13.5. The molecule has 0 amide bonds. The lowest BCUT2D eigenvalue weighted by atomic mass is 9.70. The lowest BCUT2D eigenvalue weighted by molar-refractivity contribution is 0.360. The summed E-state index contributed by atoms with van der Waals surface area (Å²) in [6.45, 7) is 0. The van der Waals surface area contributed by atoms with Crippen LogP contribution in [0.4, 0.5) is 17.1 Å². The second-order valence-corrected chi connectivity index (χ2v) is 19.4. The molecule has 71 heavy (non-hydrogen) atoms. The van der Waals surface area contributed by atoms with Gasteiger partial charge in [0.2, 0.25) is 0 Å². The first-order chi connectivity index (χ1) is 35.2. The van der Waals surface area contributed by atoms with Crippen LogP contribution in [0.3, 0.4) is 0 Å². The molecule has 330 valence electrons. The first-order valence-corrected chi connectivity index (χ1v) is 24.6. The van der Waals surface area contributed by atoms with Gasteiger partial charge in [-0.25, -0.2) is 0 Å². The number of hydrogen-bond donors (Lipinski definition) is 0. The van der Waals surface area contributed by atoms with Crippen LogP contribution < -0.4 is 14.4 Å². The van der Waals surface area contributed by atoms with Crippen molar-refractivity contribution in [1.29, 1.82) is 0 Å². The van der Waals surface area contributed by atoms with Crippen molar-refractivity contribution in [2.45, 2.75) is 10.8 Å². The number of para-hydroxylation sites is 1. The summed E-state index contributed by atoms with van der Waals surface area (Å²) in [6, 6.07) is 91.0. The number of fused-ring (bicyclic) bond motifs is 23. The van der Waals surface area contributed by atoms with Crippen molar-refractivity contribution in [3.63, 3.8) is 0 Å². The molecule has 11 aromatic rings. The number of anilines is 3. The minimum atomic E-state index is -0.478. The molecule has 4 aliphatic carbocycles. The zero-order chi connectivity index (χ0) is 46.4. The highest BCUT2D eigenvalue weighted by Gasteiger charge is 2.54. The molecule has 16 rings (SSSR count). The first kappa shape index (κ1) is 38.8. The van der Waals surface area contributed by atoms with Crippen LogP contribution in [0.2, 0.25) is 0 Å². The van der Waals surface area contributed by atoms with E-state index in [-0.39, 0.29) is 0 Å². The second kappa shape index (κ2) is 14.2. The summed E-state index contributed by atoms with van der Waals surface area (Å²) in [5, 5.41) is 0. The number of rotatable bonds is 4. The fourth-order valence-corrected chi connectivity index (χ4v) is 13.5. The van der Waals surface area contributed by atoms with Crippen LogP contribution in [0.25, 0.3) is 55.6 Å². The molecule has 0 atom stereocenters. The molecular weight excluding hydrogens is 863 g/mol. The summed E-state index contributed by atoms with van der Waals surface area (Å²) >= 11 is 0. The van der Waals surface area contributed by atoms with Gasteiger partial charge in [0, 0.05) is 23.0 Å². The molecule has 11 aromatic carbocycles. The van der Waals surface area contributed by atoms with E-state index in [0.717, 1.165) is 28.4 Å². The standard InChI is InChI=1S/C68H41NO2/c1-2-17-43(18-3-1)69(44-35-33-42(34-36-44)46-25-16-32-59-64(46)51-23-8-14-30-57(51)67(59)53-26-10-4-19-47(53)48-20-5-11-27-54(48)67)45-37-39-61-63(41-45)71-66-62(70-61)40-38-60-65(66)52-24-9-15-31-58(52)68(60)55-28-12-6-21-49(55)50-22-7-13-29-56(50)68/h1-41H. The molecule has 2 spiro atoms. The Hall–Kier alpha value is -9.18. The molecule has 0 saturated carbocycles. The van der Waals surface area contributed by atoms with Crippen molar-refractivity contribution >= 4 is 17.1 Å². The molecule has 0 aromatic heterocycles. The molecule has 5 aliphatic rings. The van der Waals surface area contributed by atoms with Crippen LogP contribution >= 0.6 is 0 Å². The van der Waals surface area contributed by atoms with Gasteiger partial charge < -0.3 is 14.4 Å². The average Bonchev–Trinajstić information content (AvgIpc) is 4.12. The smallest absolute Gasteiger partial charge is 0.178 e. The minimum absolute atomic E-state index is 0.393. The van der Waals surface area contributed by atoms with Crippen LogP contribution in [0.5, 0.6) is 23.0 Å². The highest BCUT2D eigenvalue weighted by molar-refractivity contribution is 6.01. The van der Waals surface area contributed by atoms with Crippen molar-refractivity contribution in [3.8, 4) is 78.6 Å². The van der Waals surface area contributed by atoms with Crippen LogP contribution in [-0.4, -0.2) is 0 Å². The highest BCUT2D eigenvalue weighted by Crippen LogP contribution is 2.67. The second-order valence-electron chi connectivity index (χ2n) is 19.4. The van der Waals surface area contributed by atoms with Crippen molar-refractivity contribution in [1.82, 2.24) is 0 Å². The summed E-state index contributed by atoms with van der Waals surface area (Å²) < 4.78 is 14.0. The van der Waals surface area contributed by atoms with Gasteiger partial charge >= 0.3 is 0 Å². The Bertz CT molecular complexity index is 3980. The van der Waals surface area contributed by atoms with Gasteiger partial charge in [0.05, 0.1) is 16.5 Å². The number of ether oxygens (including phenoxy) is 2. The van der Waals surface area contributed by atoms with Gasteiger partial charge in [0.15, 0.2) is 23.0 Å². The van der Waals surface area contributed by atoms with E-state index >= 15 is 0 Å². The predicted molar refractivity (Wildman–Crippen MR) is 286 cm³/mol. The molecule has 3 nitrogen and oxygen atoms in total. The molecule has 0 saturated heterocycles. The van der Waals surface area contributed by atoms with Gasteiger partial charge in [-0.2, -0.15) is 0 Å². The highest BCUT2D eigenvalue weighted by atomic mass is 16.6. The number of nitrogens with zero attached hydrogens (tertiary/aromatic N) is 1. The molecule has 0 unspecified atom stereocenters. The molecule has 1 heterocycles. The third-order valence-corrected chi connectivity index (χ3v) is 16.2. The lowest BCUT2D eigenvalue weighted by Crippen LogP contribution is -2.25. The summed E-state index contributed by atoms with van der Waals surface area (Å²) in [6.07, 6.45) is 0. The van der Waals surface area contributed by atoms with Gasteiger partial charge in [-0.1, -0.05) is 200 Å². The first-order valence-electron chi connectivity index (χ1n) is 24.6. The Balaban J connectivity index is 0.809. The van der Waals surface area contributed by atoms with Crippen molar-refractivity contribution in [2.24, 2.45) is 0 Å². The Morgan fingerprint density at radius 1 is 0.254 bits per heavy atom. The van der Waals surface area contributed by atoms with Crippen LogP contribution in [0, 0.1) is 0 Å². The van der Waals surface area contributed by atoms with Gasteiger partial charge in [0.1, 0.15) is 0 Å². The molecular formula is C68H41NO2. The van der Waals surface area contributed by atoms with E-state index in [0.29, 0.717) is 17.2 Å². The largest absolute Gasteiger partial charge is 0.449 e. The Kier molecular flexibility index (Phi) is 7.75. The topological polar surface area (TPSA) is 21.7 Å². The van der Waals surface area contributed by atoms with Gasteiger partial charge in [-0.3, -0.25) is 0 Å². The van der Waals surface area contributed by atoms with Crippen molar-refractivity contribution in [2.75, 3.05) is 4.90 Å². The van der Waals surface area contributed by atoms with Crippen LogP contribution in [0.15, 0.2) is 249 Å². The summed E-state index contributed by atoms with van der Waals surface area (Å²) in [4.78, 5) is 2.31. The SMILES string of the molecule is c1ccc(N(c2ccc(-c3cccc4c3-c3ccccc3C43c4ccccc4-c4ccccc43)cc2)c2ccc3c(c2)Oc2c(ccc4c2-c2ccccc2C42c4ccccc4-c4ccccc42)O3)cc1. The Labute approximate surface area is 412 Å². The van der Waals surface area contributed by atoms with Crippen molar-refractivity contribution < 1.29 is 9.47 Å². The quantitative estimate of drug-likeness (QED) is 0.176. The maximum atomic E-state index is 7.20. The third kappa shape index (κ3) is 4.92. The summed E-state index contributed by atoms with van der Waals surface area (Å²) in [5.74, 6) is 2.82. The number of hydrogen-bond acceptors (Lipinski definition) is 3. The summed E-state index contributed by atoms with van der Waals surface area (Å²) in [7, 11) is 0. The lowest BCUT2D eigenvalue weighted by Gasteiger charge is -2.31. The predicted octanol–water partition coefficient (Wildman–Crippen LogP) is 17.4. The fraction of sp³-hybridized carbons (Fsp3) is 0.0294. The van der Waals surface area contributed by atoms with Crippen molar-refractivity contribution in [3.05, 3.63) is 293 Å². The third-order valence-electron chi connectivity index (χ3n) is 16.2. The van der Waals surface area contributed by atoms with Crippen LogP contribution in [0.1, 0.15) is 44.5 Å². The molecule has 0 N–H and O–H groups in total. The monoisotopic (exact) mass is 903 g/mol. The minimum Gasteiger partial charge on any atom is -0.449 e. The molecule has 1 aliphatic heterocycles. The summed E-state index contributed by atoms with van der Waals surface area (Å²) in [5.41, 5.74) is 25.1. The number of benzene rings is 11. The van der Waals surface area contributed by atoms with E-state index in [9.17, 15) is 0 Å². The normalized spacial score (nSPS) is 14.4.